The molecule has 3 nitrogen and oxygen atoms in total. The van der Waals surface area contributed by atoms with Crippen molar-refractivity contribution in [2.75, 3.05) is 32.0 Å². The predicted octanol–water partition coefficient (Wildman–Crippen LogP) is 2.97. The summed E-state index contributed by atoms with van der Waals surface area (Å²) in [6.45, 7) is 3.39. The lowest BCUT2D eigenvalue weighted by atomic mass is 10.1. The fourth-order valence-electron chi connectivity index (χ4n) is 1.98. The largest absolute Gasteiger partial charge is 0.369 e. The lowest BCUT2D eigenvalue weighted by Gasteiger charge is -2.13. The predicted molar refractivity (Wildman–Crippen MR) is 73.7 cm³/mol. The number of hydrogen-bond donors (Lipinski definition) is 1. The average molecular weight is 349 g/mol. The highest BCUT2D eigenvalue weighted by Gasteiger charge is 2.19. The normalized spacial score (nSPS) is 21.3. The topological polar surface area (TPSA) is 28.2 Å². The summed E-state index contributed by atoms with van der Waals surface area (Å²) in [5.74, 6) is 1.67. The van der Waals surface area contributed by atoms with Crippen molar-refractivity contribution < 1.29 is 0 Å². The van der Waals surface area contributed by atoms with Gasteiger partial charge in [0.1, 0.15) is 5.82 Å². The average Bonchev–Trinajstić information content (AvgIpc) is 2.63. The minimum absolute atomic E-state index is 0.738. The molecule has 0 aromatic carbocycles. The van der Waals surface area contributed by atoms with Crippen LogP contribution in [0.25, 0.3) is 0 Å². The lowest BCUT2D eigenvalue weighted by molar-refractivity contribution is 0.399. The number of halogens is 2. The number of nitrogens with zero attached hydrogens (tertiary/aromatic N) is 2. The quantitative estimate of drug-likeness (QED) is 0.910. The third-order valence-corrected chi connectivity index (χ3v) is 3.89. The molecule has 0 radical (unpaired) electrons. The summed E-state index contributed by atoms with van der Waals surface area (Å²) in [7, 11) is 2.17. The second-order valence-corrected chi connectivity index (χ2v) is 6.05. The first-order chi connectivity index (χ1) is 7.65. The Morgan fingerprint density at radius 2 is 2.38 bits per heavy atom. The Labute approximate surface area is 113 Å². The van der Waals surface area contributed by atoms with Crippen LogP contribution in [0.3, 0.4) is 0 Å². The van der Waals surface area contributed by atoms with Gasteiger partial charge < -0.3 is 10.2 Å². The van der Waals surface area contributed by atoms with E-state index >= 15 is 0 Å². The number of pyridine rings is 1. The molecule has 1 N–H and O–H groups in total. The van der Waals surface area contributed by atoms with Crippen LogP contribution in [0.4, 0.5) is 5.82 Å². The van der Waals surface area contributed by atoms with Crippen molar-refractivity contribution in [1.29, 1.82) is 0 Å². The van der Waals surface area contributed by atoms with Crippen LogP contribution >= 0.6 is 31.9 Å². The first-order valence-electron chi connectivity index (χ1n) is 5.38. The number of aromatic nitrogens is 1. The van der Waals surface area contributed by atoms with Gasteiger partial charge in [-0.1, -0.05) is 0 Å². The third-order valence-electron chi connectivity index (χ3n) is 2.85. The number of hydrogen-bond acceptors (Lipinski definition) is 3. The highest BCUT2D eigenvalue weighted by Crippen LogP contribution is 2.24. The summed E-state index contributed by atoms with van der Waals surface area (Å²) in [5, 5.41) is 3.40. The number of likely N-dealkylation sites (tertiary alicyclic amines) is 1. The molecule has 0 spiro atoms. The summed E-state index contributed by atoms with van der Waals surface area (Å²) in [5.41, 5.74) is 0. The zero-order valence-electron chi connectivity index (χ0n) is 9.21. The lowest BCUT2D eigenvalue weighted by Crippen LogP contribution is -2.19. The fourth-order valence-corrected chi connectivity index (χ4v) is 3.11. The van der Waals surface area contributed by atoms with E-state index in [4.69, 9.17) is 0 Å². The molecule has 1 aliphatic heterocycles. The number of nitrogens with one attached hydrogen (secondary N) is 1. The molecular weight excluding hydrogens is 334 g/mol. The summed E-state index contributed by atoms with van der Waals surface area (Å²) < 4.78 is 2.00. The van der Waals surface area contributed by atoms with Gasteiger partial charge >= 0.3 is 0 Å². The molecule has 1 aliphatic rings. The van der Waals surface area contributed by atoms with Crippen LogP contribution in [0.2, 0.25) is 0 Å². The number of anilines is 1. The van der Waals surface area contributed by atoms with Crippen molar-refractivity contribution in [2.45, 2.75) is 6.42 Å². The van der Waals surface area contributed by atoms with Crippen molar-refractivity contribution in [3.05, 3.63) is 21.2 Å². The van der Waals surface area contributed by atoms with E-state index in [-0.39, 0.29) is 0 Å². The fraction of sp³-hybridized carbons (Fsp3) is 0.545. The summed E-state index contributed by atoms with van der Waals surface area (Å²) in [4.78, 5) is 6.71. The van der Waals surface area contributed by atoms with Crippen LogP contribution in [-0.2, 0) is 0 Å². The summed E-state index contributed by atoms with van der Waals surface area (Å²) in [6, 6.07) is 2.01. The van der Waals surface area contributed by atoms with Gasteiger partial charge in [0, 0.05) is 23.8 Å². The number of rotatable bonds is 3. The molecule has 1 fully saturated rings. The maximum atomic E-state index is 4.34. The molecule has 5 heteroatoms. The van der Waals surface area contributed by atoms with Gasteiger partial charge in [-0.15, -0.1) is 0 Å². The molecular formula is C11H15Br2N3. The molecule has 16 heavy (non-hydrogen) atoms. The standard InChI is InChI=1S/C11H15Br2N3/c1-16-3-2-8(7-16)5-14-11-10(13)4-9(12)6-15-11/h4,6,8H,2-3,5,7H2,1H3,(H,14,15). The highest BCUT2D eigenvalue weighted by molar-refractivity contribution is 9.11. The molecule has 0 amide bonds. The van der Waals surface area contributed by atoms with Crippen LogP contribution in [0.5, 0.6) is 0 Å². The van der Waals surface area contributed by atoms with Gasteiger partial charge in [-0.3, -0.25) is 0 Å². The Morgan fingerprint density at radius 1 is 1.56 bits per heavy atom. The van der Waals surface area contributed by atoms with E-state index in [1.54, 1.807) is 0 Å². The van der Waals surface area contributed by atoms with Crippen molar-refractivity contribution in [3.8, 4) is 0 Å². The molecule has 0 saturated carbocycles. The van der Waals surface area contributed by atoms with E-state index in [1.807, 2.05) is 12.3 Å². The van der Waals surface area contributed by atoms with Gasteiger partial charge in [-0.25, -0.2) is 4.98 Å². The maximum Gasteiger partial charge on any atom is 0.140 e. The first-order valence-corrected chi connectivity index (χ1v) is 6.97. The SMILES string of the molecule is CN1CCC(CNc2ncc(Br)cc2Br)C1. The van der Waals surface area contributed by atoms with E-state index in [9.17, 15) is 0 Å². The Hall–Kier alpha value is -0.130. The van der Waals surface area contributed by atoms with E-state index in [0.29, 0.717) is 0 Å². The van der Waals surface area contributed by atoms with Gasteiger partial charge in [0.05, 0.1) is 4.47 Å². The highest BCUT2D eigenvalue weighted by atomic mass is 79.9. The van der Waals surface area contributed by atoms with Crippen molar-refractivity contribution in [1.82, 2.24) is 9.88 Å². The van der Waals surface area contributed by atoms with Crippen molar-refractivity contribution >= 4 is 37.7 Å². The Bertz CT molecular complexity index is 370. The molecule has 1 atom stereocenters. The maximum absolute atomic E-state index is 4.34. The van der Waals surface area contributed by atoms with Crippen LogP contribution in [-0.4, -0.2) is 36.6 Å². The van der Waals surface area contributed by atoms with E-state index in [2.05, 4.69) is 54.1 Å². The second-order valence-electron chi connectivity index (χ2n) is 4.28. The molecule has 0 aliphatic carbocycles. The van der Waals surface area contributed by atoms with Crippen LogP contribution in [0, 0.1) is 5.92 Å². The van der Waals surface area contributed by atoms with Gasteiger partial charge in [-0.2, -0.15) is 0 Å². The Morgan fingerprint density at radius 3 is 3.00 bits per heavy atom. The van der Waals surface area contributed by atoms with E-state index in [0.717, 1.165) is 27.2 Å². The second kappa shape index (κ2) is 5.47. The molecule has 1 unspecified atom stereocenters. The van der Waals surface area contributed by atoms with E-state index in [1.165, 1.54) is 19.5 Å². The summed E-state index contributed by atoms with van der Waals surface area (Å²) >= 11 is 6.90. The van der Waals surface area contributed by atoms with Crippen molar-refractivity contribution in [2.24, 2.45) is 5.92 Å². The molecule has 1 aromatic heterocycles. The first kappa shape index (κ1) is 12.3. The Kier molecular flexibility index (Phi) is 4.21. The molecule has 88 valence electrons. The Balaban J connectivity index is 1.89. The van der Waals surface area contributed by atoms with Crippen LogP contribution in [0.1, 0.15) is 6.42 Å². The zero-order valence-corrected chi connectivity index (χ0v) is 12.4. The van der Waals surface area contributed by atoms with Gasteiger partial charge in [0.15, 0.2) is 0 Å². The van der Waals surface area contributed by atoms with Gasteiger partial charge in [0.2, 0.25) is 0 Å². The zero-order chi connectivity index (χ0) is 11.5. The molecule has 1 saturated heterocycles. The molecule has 2 rings (SSSR count). The van der Waals surface area contributed by atoms with Crippen molar-refractivity contribution in [3.63, 3.8) is 0 Å². The third kappa shape index (κ3) is 3.18. The summed E-state index contributed by atoms with van der Waals surface area (Å²) in [6.07, 6.45) is 3.09. The van der Waals surface area contributed by atoms with E-state index < -0.39 is 0 Å². The minimum Gasteiger partial charge on any atom is -0.369 e. The van der Waals surface area contributed by atoms with Gasteiger partial charge in [-0.05, 0) is 63.9 Å². The van der Waals surface area contributed by atoms with Gasteiger partial charge in [0.25, 0.3) is 0 Å². The molecule has 2 heterocycles. The monoisotopic (exact) mass is 347 g/mol. The smallest absolute Gasteiger partial charge is 0.140 e. The molecule has 0 bridgehead atoms. The molecule has 1 aromatic rings. The minimum atomic E-state index is 0.738. The van der Waals surface area contributed by atoms with Crippen LogP contribution in [0.15, 0.2) is 21.2 Å². The van der Waals surface area contributed by atoms with Crippen LogP contribution < -0.4 is 5.32 Å².